The Morgan fingerprint density at radius 1 is 1.47 bits per heavy atom. The fourth-order valence-electron chi connectivity index (χ4n) is 2.83. The average molecular weight is 266 g/mol. The highest BCUT2D eigenvalue weighted by atomic mass is 16.4. The summed E-state index contributed by atoms with van der Waals surface area (Å²) < 4.78 is 1.53. The minimum atomic E-state index is -0.890. The molecule has 0 radical (unpaired) electrons. The first-order valence-electron chi connectivity index (χ1n) is 6.17. The van der Waals surface area contributed by atoms with Gasteiger partial charge in [0.2, 0.25) is 0 Å². The Hall–Kier alpha value is -2.05. The molecule has 1 aromatic heterocycles. The molecule has 0 aromatic carbocycles. The molecule has 2 unspecified atom stereocenters. The van der Waals surface area contributed by atoms with Crippen molar-refractivity contribution in [2.45, 2.75) is 26.3 Å². The monoisotopic (exact) mass is 266 g/mol. The molecular weight excluding hydrogens is 248 g/mol. The first-order chi connectivity index (χ1) is 8.84. The van der Waals surface area contributed by atoms with E-state index < -0.39 is 17.9 Å². The van der Waals surface area contributed by atoms with Crippen LogP contribution in [0.25, 0.3) is 0 Å². The number of aryl methyl sites for hydroxylation is 2. The number of hydrogen-bond acceptors (Lipinski definition) is 4. The number of aliphatic carboxylic acids is 1. The predicted molar refractivity (Wildman–Crippen MR) is 69.0 cm³/mol. The van der Waals surface area contributed by atoms with Gasteiger partial charge in [-0.05, 0) is 19.3 Å². The van der Waals surface area contributed by atoms with Crippen molar-refractivity contribution >= 4 is 17.7 Å². The molecule has 0 aliphatic carbocycles. The van der Waals surface area contributed by atoms with Gasteiger partial charge in [-0.3, -0.25) is 9.48 Å². The van der Waals surface area contributed by atoms with Crippen LogP contribution in [0, 0.1) is 12.8 Å². The smallest absolute Gasteiger partial charge is 0.326 e. The number of anilines is 1. The largest absolute Gasteiger partial charge is 0.480 e. The maximum absolute atomic E-state index is 11.6. The van der Waals surface area contributed by atoms with Gasteiger partial charge < -0.3 is 15.7 Å². The third-order valence-corrected chi connectivity index (χ3v) is 3.66. The lowest BCUT2D eigenvalue weighted by molar-refractivity contribution is -0.139. The van der Waals surface area contributed by atoms with Crippen molar-refractivity contribution in [2.75, 3.05) is 11.4 Å². The van der Waals surface area contributed by atoms with Gasteiger partial charge in [0, 0.05) is 13.6 Å². The first kappa shape index (κ1) is 13.4. The van der Waals surface area contributed by atoms with E-state index in [4.69, 9.17) is 5.73 Å². The van der Waals surface area contributed by atoms with Crippen molar-refractivity contribution in [3.05, 3.63) is 11.3 Å². The van der Waals surface area contributed by atoms with Gasteiger partial charge in [0.15, 0.2) is 0 Å². The van der Waals surface area contributed by atoms with Crippen LogP contribution in [0.5, 0.6) is 0 Å². The van der Waals surface area contributed by atoms with E-state index in [1.165, 1.54) is 4.68 Å². The maximum Gasteiger partial charge on any atom is 0.326 e. The number of carbonyl (C=O) groups is 2. The number of amides is 1. The molecule has 7 heteroatoms. The standard InChI is InChI=1S/C12H18N4O3/c1-6-4-5-16(9(6)12(18)19)11-8(10(13)17)7(2)14-15(11)3/h6,9H,4-5H2,1-3H3,(H2,13,17)(H,18,19). The molecule has 0 spiro atoms. The lowest BCUT2D eigenvalue weighted by atomic mass is 10.0. The molecule has 1 aliphatic rings. The van der Waals surface area contributed by atoms with E-state index in [1.54, 1.807) is 18.9 Å². The van der Waals surface area contributed by atoms with Crippen LogP contribution in [-0.2, 0) is 11.8 Å². The van der Waals surface area contributed by atoms with Crippen LogP contribution in [0.4, 0.5) is 5.82 Å². The number of nitrogens with two attached hydrogens (primary N) is 1. The summed E-state index contributed by atoms with van der Waals surface area (Å²) in [4.78, 5) is 24.7. The summed E-state index contributed by atoms with van der Waals surface area (Å²) in [5.41, 5.74) is 6.22. The topological polar surface area (TPSA) is 101 Å². The van der Waals surface area contributed by atoms with Gasteiger partial charge in [0.1, 0.15) is 17.4 Å². The SMILES string of the molecule is Cc1nn(C)c(N2CCC(C)C2C(=O)O)c1C(N)=O. The molecular formula is C12H18N4O3. The minimum absolute atomic E-state index is 0.0217. The number of aromatic nitrogens is 2. The molecule has 1 amide bonds. The van der Waals surface area contributed by atoms with Crippen molar-refractivity contribution in [1.82, 2.24) is 9.78 Å². The molecule has 2 rings (SSSR count). The summed E-state index contributed by atoms with van der Waals surface area (Å²) in [6.45, 7) is 4.17. The molecule has 2 heterocycles. The van der Waals surface area contributed by atoms with Crippen molar-refractivity contribution in [2.24, 2.45) is 18.7 Å². The number of nitrogens with zero attached hydrogens (tertiary/aromatic N) is 3. The van der Waals surface area contributed by atoms with Gasteiger partial charge in [-0.2, -0.15) is 5.10 Å². The molecule has 1 aromatic rings. The predicted octanol–water partition coefficient (Wildman–Crippen LogP) is 0.127. The van der Waals surface area contributed by atoms with Gasteiger partial charge in [-0.25, -0.2) is 4.79 Å². The van der Waals surface area contributed by atoms with Gasteiger partial charge in [-0.15, -0.1) is 0 Å². The van der Waals surface area contributed by atoms with Crippen molar-refractivity contribution in [3.63, 3.8) is 0 Å². The fourth-order valence-corrected chi connectivity index (χ4v) is 2.83. The van der Waals surface area contributed by atoms with Gasteiger partial charge in [0.05, 0.1) is 5.69 Å². The summed E-state index contributed by atoms with van der Waals surface area (Å²) in [5.74, 6) is -0.946. The van der Waals surface area contributed by atoms with Gasteiger partial charge in [-0.1, -0.05) is 6.92 Å². The van der Waals surface area contributed by atoms with E-state index in [2.05, 4.69) is 5.10 Å². The first-order valence-corrected chi connectivity index (χ1v) is 6.17. The fraction of sp³-hybridized carbons (Fsp3) is 0.583. The summed E-state index contributed by atoms with van der Waals surface area (Å²) in [5, 5.41) is 13.5. The highest BCUT2D eigenvalue weighted by Crippen LogP contribution is 2.32. The van der Waals surface area contributed by atoms with Crippen LogP contribution in [0.3, 0.4) is 0 Å². The van der Waals surface area contributed by atoms with Crippen LogP contribution >= 0.6 is 0 Å². The Kier molecular flexibility index (Phi) is 3.21. The Morgan fingerprint density at radius 3 is 2.63 bits per heavy atom. The summed E-state index contributed by atoms with van der Waals surface area (Å²) >= 11 is 0. The Bertz CT molecular complexity index is 537. The quantitative estimate of drug-likeness (QED) is 0.809. The molecule has 104 valence electrons. The van der Waals surface area contributed by atoms with E-state index in [9.17, 15) is 14.7 Å². The van der Waals surface area contributed by atoms with Crippen molar-refractivity contribution in [3.8, 4) is 0 Å². The zero-order chi connectivity index (χ0) is 14.3. The van der Waals surface area contributed by atoms with Crippen LogP contribution < -0.4 is 10.6 Å². The third-order valence-electron chi connectivity index (χ3n) is 3.66. The van der Waals surface area contributed by atoms with Gasteiger partial charge >= 0.3 is 5.97 Å². The number of carboxylic acid groups (broad SMARTS) is 1. The molecule has 3 N–H and O–H groups in total. The summed E-state index contributed by atoms with van der Waals surface area (Å²) in [6, 6.07) is -0.645. The molecule has 2 atom stereocenters. The number of carbonyl (C=O) groups excluding carboxylic acids is 1. The summed E-state index contributed by atoms with van der Waals surface area (Å²) in [7, 11) is 1.69. The molecule has 1 aliphatic heterocycles. The molecule has 1 fully saturated rings. The lowest BCUT2D eigenvalue weighted by Gasteiger charge is -2.26. The van der Waals surface area contributed by atoms with Crippen LogP contribution in [0.2, 0.25) is 0 Å². The number of rotatable bonds is 3. The molecule has 1 saturated heterocycles. The van der Waals surface area contributed by atoms with E-state index >= 15 is 0 Å². The highest BCUT2D eigenvalue weighted by Gasteiger charge is 2.40. The van der Waals surface area contributed by atoms with E-state index in [0.29, 0.717) is 23.6 Å². The Morgan fingerprint density at radius 2 is 2.11 bits per heavy atom. The normalized spacial score (nSPS) is 22.8. The third kappa shape index (κ3) is 2.05. The zero-order valence-corrected chi connectivity index (χ0v) is 11.3. The van der Waals surface area contributed by atoms with Crippen LogP contribution in [0.15, 0.2) is 0 Å². The second-order valence-electron chi connectivity index (χ2n) is 5.01. The number of primary amides is 1. The minimum Gasteiger partial charge on any atom is -0.480 e. The second kappa shape index (κ2) is 4.56. The van der Waals surface area contributed by atoms with Gasteiger partial charge in [0.25, 0.3) is 5.91 Å². The van der Waals surface area contributed by atoms with Crippen LogP contribution in [-0.4, -0.2) is 39.4 Å². The molecule has 0 saturated carbocycles. The van der Waals surface area contributed by atoms with E-state index in [1.807, 2.05) is 6.92 Å². The maximum atomic E-state index is 11.6. The molecule has 19 heavy (non-hydrogen) atoms. The van der Waals surface area contributed by atoms with E-state index in [-0.39, 0.29) is 5.92 Å². The summed E-state index contributed by atoms with van der Waals surface area (Å²) in [6.07, 6.45) is 0.763. The molecule has 7 nitrogen and oxygen atoms in total. The number of hydrogen-bond donors (Lipinski definition) is 2. The Balaban J connectivity index is 2.53. The van der Waals surface area contributed by atoms with Crippen molar-refractivity contribution in [1.29, 1.82) is 0 Å². The number of carboxylic acids is 1. The van der Waals surface area contributed by atoms with Crippen LogP contribution in [0.1, 0.15) is 29.4 Å². The molecule has 0 bridgehead atoms. The highest BCUT2D eigenvalue weighted by molar-refractivity contribution is 5.99. The average Bonchev–Trinajstić information content (AvgIpc) is 2.78. The second-order valence-corrected chi connectivity index (χ2v) is 5.01. The van der Waals surface area contributed by atoms with E-state index in [0.717, 1.165) is 6.42 Å². The van der Waals surface area contributed by atoms with Crippen molar-refractivity contribution < 1.29 is 14.7 Å². The Labute approximate surface area is 111 Å². The lowest BCUT2D eigenvalue weighted by Crippen LogP contribution is -2.41. The zero-order valence-electron chi connectivity index (χ0n) is 11.3.